The third-order valence-electron chi connectivity index (χ3n) is 3.53. The van der Waals surface area contributed by atoms with Crippen molar-refractivity contribution < 1.29 is 0 Å². The number of anilines is 1. The van der Waals surface area contributed by atoms with Gasteiger partial charge in [-0.2, -0.15) is 5.10 Å². The summed E-state index contributed by atoms with van der Waals surface area (Å²) in [5, 5.41) is 9.66. The number of rotatable bonds is 2. The summed E-state index contributed by atoms with van der Waals surface area (Å²) in [4.78, 5) is 18.3. The van der Waals surface area contributed by atoms with Crippen LogP contribution >= 0.6 is 22.9 Å². The van der Waals surface area contributed by atoms with Crippen LogP contribution in [-0.4, -0.2) is 28.3 Å². The van der Waals surface area contributed by atoms with Crippen molar-refractivity contribution in [1.82, 2.24) is 15.2 Å². The molecule has 2 aromatic rings. The minimum absolute atomic E-state index is 0.218. The van der Waals surface area contributed by atoms with E-state index in [4.69, 9.17) is 11.6 Å². The summed E-state index contributed by atoms with van der Waals surface area (Å²) in [5.41, 5.74) is 1.45. The van der Waals surface area contributed by atoms with Crippen molar-refractivity contribution in [3.63, 3.8) is 0 Å². The maximum Gasteiger partial charge on any atom is 0.285 e. The molecule has 0 aliphatic carbocycles. The third kappa shape index (κ3) is 2.58. The highest BCUT2D eigenvalue weighted by atomic mass is 35.5. The van der Waals surface area contributed by atoms with Gasteiger partial charge in [0, 0.05) is 30.1 Å². The number of aryl methyl sites for hydroxylation is 1. The SMILES string of the molecule is Cc1csc(C2CCCN(c3cn[nH]c(=O)c3Cl)C2)n1. The van der Waals surface area contributed by atoms with Gasteiger partial charge in [0.25, 0.3) is 5.56 Å². The van der Waals surface area contributed by atoms with Crippen LogP contribution < -0.4 is 10.5 Å². The first-order chi connectivity index (χ1) is 9.65. The van der Waals surface area contributed by atoms with Gasteiger partial charge in [0.1, 0.15) is 5.02 Å². The molecular formula is C13H15ClN4OS. The summed E-state index contributed by atoms with van der Waals surface area (Å²) in [6.07, 6.45) is 3.81. The molecule has 0 spiro atoms. The van der Waals surface area contributed by atoms with Gasteiger partial charge in [-0.3, -0.25) is 4.79 Å². The highest BCUT2D eigenvalue weighted by Crippen LogP contribution is 2.32. The van der Waals surface area contributed by atoms with Crippen LogP contribution in [0.2, 0.25) is 5.02 Å². The lowest BCUT2D eigenvalue weighted by molar-refractivity contribution is 0.507. The van der Waals surface area contributed by atoms with Gasteiger partial charge in [0.15, 0.2) is 0 Å². The number of nitrogens with zero attached hydrogens (tertiary/aromatic N) is 3. The summed E-state index contributed by atoms with van der Waals surface area (Å²) < 4.78 is 0. The van der Waals surface area contributed by atoms with E-state index >= 15 is 0 Å². The Morgan fingerprint density at radius 1 is 1.55 bits per heavy atom. The van der Waals surface area contributed by atoms with Crippen LogP contribution in [0, 0.1) is 6.92 Å². The van der Waals surface area contributed by atoms with Crippen molar-refractivity contribution in [2.24, 2.45) is 0 Å². The molecule has 20 heavy (non-hydrogen) atoms. The average molecular weight is 311 g/mol. The summed E-state index contributed by atoms with van der Waals surface area (Å²) in [5.74, 6) is 0.401. The highest BCUT2D eigenvalue weighted by Gasteiger charge is 2.25. The van der Waals surface area contributed by atoms with Gasteiger partial charge in [0.05, 0.1) is 16.9 Å². The number of H-pyrrole nitrogens is 1. The Bertz CT molecular complexity index is 668. The zero-order chi connectivity index (χ0) is 14.1. The predicted molar refractivity (Wildman–Crippen MR) is 80.9 cm³/mol. The molecule has 1 unspecified atom stereocenters. The fraction of sp³-hybridized carbons (Fsp3) is 0.462. The Hall–Kier alpha value is -1.40. The number of aromatic nitrogens is 3. The van der Waals surface area contributed by atoms with Gasteiger partial charge in [-0.25, -0.2) is 10.1 Å². The molecule has 3 heterocycles. The zero-order valence-corrected chi connectivity index (χ0v) is 12.7. The molecule has 1 saturated heterocycles. The van der Waals surface area contributed by atoms with Crippen molar-refractivity contribution in [1.29, 1.82) is 0 Å². The van der Waals surface area contributed by atoms with E-state index in [2.05, 4.69) is 25.5 Å². The highest BCUT2D eigenvalue weighted by molar-refractivity contribution is 7.09. The van der Waals surface area contributed by atoms with E-state index in [0.717, 1.165) is 31.6 Å². The Balaban J connectivity index is 1.85. The standard InChI is InChI=1S/C13H15ClN4OS/c1-8-7-20-13(16-8)9-3-2-4-18(6-9)10-5-15-17-12(19)11(10)14/h5,7,9H,2-4,6H2,1H3,(H,17,19). The first-order valence-electron chi connectivity index (χ1n) is 6.55. The molecule has 1 fully saturated rings. The molecule has 5 nitrogen and oxygen atoms in total. The van der Waals surface area contributed by atoms with Crippen LogP contribution in [-0.2, 0) is 0 Å². The lowest BCUT2D eigenvalue weighted by atomic mass is 9.98. The first-order valence-corrected chi connectivity index (χ1v) is 7.81. The second-order valence-electron chi connectivity index (χ2n) is 5.01. The van der Waals surface area contributed by atoms with Crippen LogP contribution in [0.25, 0.3) is 0 Å². The molecule has 7 heteroatoms. The maximum atomic E-state index is 11.6. The lowest BCUT2D eigenvalue weighted by Crippen LogP contribution is -2.35. The van der Waals surface area contributed by atoms with E-state index in [0.29, 0.717) is 11.6 Å². The van der Waals surface area contributed by atoms with Crippen LogP contribution in [0.4, 0.5) is 5.69 Å². The van der Waals surface area contributed by atoms with Crippen LogP contribution in [0.1, 0.15) is 29.5 Å². The molecule has 3 rings (SSSR count). The summed E-state index contributed by atoms with van der Waals surface area (Å²) in [7, 11) is 0. The van der Waals surface area contributed by atoms with E-state index in [1.165, 1.54) is 5.01 Å². The van der Waals surface area contributed by atoms with Crippen molar-refractivity contribution in [3.8, 4) is 0 Å². The van der Waals surface area contributed by atoms with Crippen molar-refractivity contribution >= 4 is 28.6 Å². The van der Waals surface area contributed by atoms with Crippen molar-refractivity contribution in [3.05, 3.63) is 37.7 Å². The van der Waals surface area contributed by atoms with Gasteiger partial charge in [-0.1, -0.05) is 11.6 Å². The zero-order valence-electron chi connectivity index (χ0n) is 11.1. The number of hydrogen-bond acceptors (Lipinski definition) is 5. The number of thiazole rings is 1. The fourth-order valence-electron chi connectivity index (χ4n) is 2.55. The van der Waals surface area contributed by atoms with Crippen LogP contribution in [0.3, 0.4) is 0 Å². The second kappa shape index (κ2) is 5.54. The predicted octanol–water partition coefficient (Wildman–Crippen LogP) is 2.57. The Kier molecular flexibility index (Phi) is 3.76. The number of piperidine rings is 1. The molecule has 1 aliphatic rings. The summed E-state index contributed by atoms with van der Waals surface area (Å²) in [6.45, 7) is 3.74. The van der Waals surface area contributed by atoms with Gasteiger partial charge >= 0.3 is 0 Å². The molecule has 106 valence electrons. The summed E-state index contributed by atoms with van der Waals surface area (Å²) >= 11 is 7.79. The molecule has 2 aromatic heterocycles. The van der Waals surface area contributed by atoms with Crippen molar-refractivity contribution in [2.45, 2.75) is 25.7 Å². The normalized spacial score (nSPS) is 19.3. The largest absolute Gasteiger partial charge is 0.368 e. The molecule has 0 amide bonds. The molecule has 0 aromatic carbocycles. The fourth-order valence-corrected chi connectivity index (χ4v) is 3.69. The number of aromatic amines is 1. The van der Waals surface area contributed by atoms with E-state index < -0.39 is 0 Å². The number of nitrogens with one attached hydrogen (secondary N) is 1. The van der Waals surface area contributed by atoms with E-state index in [1.54, 1.807) is 17.5 Å². The molecule has 1 aliphatic heterocycles. The second-order valence-corrected chi connectivity index (χ2v) is 6.28. The molecular weight excluding hydrogens is 296 g/mol. The quantitative estimate of drug-likeness (QED) is 0.926. The minimum atomic E-state index is -0.337. The van der Waals surface area contributed by atoms with E-state index in [9.17, 15) is 4.79 Å². The van der Waals surface area contributed by atoms with Gasteiger partial charge in [0.2, 0.25) is 0 Å². The monoisotopic (exact) mass is 310 g/mol. The minimum Gasteiger partial charge on any atom is -0.368 e. The van der Waals surface area contributed by atoms with E-state index in [1.807, 2.05) is 6.92 Å². The van der Waals surface area contributed by atoms with Crippen molar-refractivity contribution in [2.75, 3.05) is 18.0 Å². The smallest absolute Gasteiger partial charge is 0.285 e. The maximum absolute atomic E-state index is 11.6. The Morgan fingerprint density at radius 2 is 2.40 bits per heavy atom. The lowest BCUT2D eigenvalue weighted by Gasteiger charge is -2.33. The van der Waals surface area contributed by atoms with Gasteiger partial charge < -0.3 is 4.90 Å². The van der Waals surface area contributed by atoms with Crippen LogP contribution in [0.5, 0.6) is 0 Å². The molecule has 1 N–H and O–H groups in total. The van der Waals surface area contributed by atoms with Gasteiger partial charge in [-0.15, -0.1) is 11.3 Å². The third-order valence-corrected chi connectivity index (χ3v) is 5.02. The molecule has 0 bridgehead atoms. The first kappa shape index (κ1) is 13.6. The van der Waals surface area contributed by atoms with Crippen LogP contribution in [0.15, 0.2) is 16.4 Å². The molecule has 1 atom stereocenters. The Labute approximate surface area is 125 Å². The Morgan fingerprint density at radius 3 is 3.15 bits per heavy atom. The topological polar surface area (TPSA) is 61.9 Å². The number of halogens is 1. The molecule has 0 radical (unpaired) electrons. The molecule has 0 saturated carbocycles. The van der Waals surface area contributed by atoms with E-state index in [-0.39, 0.29) is 10.6 Å². The number of hydrogen-bond donors (Lipinski definition) is 1. The summed E-state index contributed by atoms with van der Waals surface area (Å²) in [6, 6.07) is 0. The average Bonchev–Trinajstić information content (AvgIpc) is 2.89. The van der Waals surface area contributed by atoms with Gasteiger partial charge in [-0.05, 0) is 19.8 Å².